The van der Waals surface area contributed by atoms with Crippen LogP contribution < -0.4 is 5.32 Å². The van der Waals surface area contributed by atoms with Gasteiger partial charge in [0.1, 0.15) is 5.15 Å². The number of aliphatic carboxylic acids is 1. The Morgan fingerprint density at radius 1 is 1.25 bits per heavy atom. The number of halogens is 2. The van der Waals surface area contributed by atoms with Crippen molar-refractivity contribution in [3.05, 3.63) is 40.1 Å². The highest BCUT2D eigenvalue weighted by molar-refractivity contribution is 6.39. The summed E-state index contributed by atoms with van der Waals surface area (Å²) in [4.78, 5) is 26.2. The molecule has 0 atom stereocenters. The first-order chi connectivity index (χ1) is 9.49. The number of nitrogens with one attached hydrogen (secondary N) is 1. The van der Waals surface area contributed by atoms with E-state index in [0.29, 0.717) is 21.4 Å². The number of rotatable bonds is 4. The molecule has 1 aromatic heterocycles. The highest BCUT2D eigenvalue weighted by Crippen LogP contribution is 2.28. The van der Waals surface area contributed by atoms with Crippen LogP contribution in [0.2, 0.25) is 10.2 Å². The Kier molecular flexibility index (Phi) is 4.42. The van der Waals surface area contributed by atoms with Crippen molar-refractivity contribution in [2.24, 2.45) is 0 Å². The standard InChI is InChI=1S/C13H10Cl2N2O3/c14-10-6-17-12(15)9-5-7(1-2-8(9)10)13(20)16-4-3-11(18)19/h1-2,5-6H,3-4H2,(H,16,20)(H,18,19). The van der Waals surface area contributed by atoms with E-state index in [-0.39, 0.29) is 24.0 Å². The van der Waals surface area contributed by atoms with Gasteiger partial charge in [-0.05, 0) is 12.1 Å². The van der Waals surface area contributed by atoms with Gasteiger partial charge in [0.05, 0.1) is 11.4 Å². The van der Waals surface area contributed by atoms with Crippen molar-refractivity contribution < 1.29 is 14.7 Å². The predicted molar refractivity (Wildman–Crippen MR) is 76.3 cm³/mol. The van der Waals surface area contributed by atoms with Crippen LogP contribution in [0.5, 0.6) is 0 Å². The van der Waals surface area contributed by atoms with Crippen molar-refractivity contribution in [3.8, 4) is 0 Å². The first kappa shape index (κ1) is 14.6. The van der Waals surface area contributed by atoms with Crippen molar-refractivity contribution in [2.45, 2.75) is 6.42 Å². The molecule has 5 nitrogen and oxygen atoms in total. The number of fused-ring (bicyclic) bond motifs is 1. The molecule has 0 aliphatic rings. The molecule has 0 spiro atoms. The molecule has 2 rings (SSSR count). The lowest BCUT2D eigenvalue weighted by Crippen LogP contribution is -2.25. The van der Waals surface area contributed by atoms with E-state index in [1.54, 1.807) is 18.2 Å². The molecule has 0 bridgehead atoms. The molecule has 1 aromatic carbocycles. The van der Waals surface area contributed by atoms with Crippen molar-refractivity contribution in [3.63, 3.8) is 0 Å². The maximum absolute atomic E-state index is 11.9. The SMILES string of the molecule is O=C(O)CCNC(=O)c1ccc2c(Cl)cnc(Cl)c2c1. The van der Waals surface area contributed by atoms with Gasteiger partial charge in [-0.15, -0.1) is 0 Å². The summed E-state index contributed by atoms with van der Waals surface area (Å²) in [5.41, 5.74) is 0.369. The maximum Gasteiger partial charge on any atom is 0.305 e. The highest BCUT2D eigenvalue weighted by atomic mass is 35.5. The monoisotopic (exact) mass is 312 g/mol. The molecule has 104 valence electrons. The molecular weight excluding hydrogens is 303 g/mol. The number of carbonyl (C=O) groups is 2. The normalized spacial score (nSPS) is 10.5. The quantitative estimate of drug-likeness (QED) is 0.851. The minimum atomic E-state index is -0.970. The van der Waals surface area contributed by atoms with Gasteiger partial charge in [-0.1, -0.05) is 29.3 Å². The highest BCUT2D eigenvalue weighted by Gasteiger charge is 2.10. The van der Waals surface area contributed by atoms with Gasteiger partial charge in [0.2, 0.25) is 0 Å². The summed E-state index contributed by atoms with van der Waals surface area (Å²) in [6.07, 6.45) is 1.31. The van der Waals surface area contributed by atoms with Crippen LogP contribution in [-0.2, 0) is 4.79 Å². The van der Waals surface area contributed by atoms with Gasteiger partial charge in [0, 0.05) is 29.1 Å². The lowest BCUT2D eigenvalue weighted by Gasteiger charge is -2.06. The molecule has 0 saturated carbocycles. The average molecular weight is 313 g/mol. The Hall–Kier alpha value is -1.85. The fraction of sp³-hybridized carbons (Fsp3) is 0.154. The Labute approximate surface area is 124 Å². The Morgan fingerprint density at radius 3 is 2.70 bits per heavy atom. The van der Waals surface area contributed by atoms with Gasteiger partial charge in [0.25, 0.3) is 5.91 Å². The summed E-state index contributed by atoms with van der Waals surface area (Å²) in [6.45, 7) is 0.0632. The zero-order valence-electron chi connectivity index (χ0n) is 10.2. The number of carboxylic acids is 1. The lowest BCUT2D eigenvalue weighted by atomic mass is 10.1. The van der Waals surface area contributed by atoms with E-state index in [4.69, 9.17) is 28.3 Å². The number of nitrogens with zero attached hydrogens (tertiary/aromatic N) is 1. The van der Waals surface area contributed by atoms with Crippen LogP contribution in [0, 0.1) is 0 Å². The molecular formula is C13H10Cl2N2O3. The number of amides is 1. The Balaban J connectivity index is 2.25. The fourth-order valence-electron chi connectivity index (χ4n) is 1.70. The third-order valence-corrected chi connectivity index (χ3v) is 3.28. The molecule has 1 amide bonds. The van der Waals surface area contributed by atoms with E-state index in [1.165, 1.54) is 6.20 Å². The van der Waals surface area contributed by atoms with Crippen molar-refractivity contribution >= 4 is 45.9 Å². The fourth-order valence-corrected chi connectivity index (χ4v) is 2.12. The lowest BCUT2D eigenvalue weighted by molar-refractivity contribution is -0.136. The van der Waals surface area contributed by atoms with Gasteiger partial charge in [0.15, 0.2) is 0 Å². The summed E-state index contributed by atoms with van der Waals surface area (Å²) in [7, 11) is 0. The van der Waals surface area contributed by atoms with Gasteiger partial charge in [-0.3, -0.25) is 9.59 Å². The smallest absolute Gasteiger partial charge is 0.305 e. The molecule has 0 aliphatic carbocycles. The Morgan fingerprint density at radius 2 is 2.00 bits per heavy atom. The molecule has 0 saturated heterocycles. The van der Waals surface area contributed by atoms with E-state index < -0.39 is 5.97 Å². The third-order valence-electron chi connectivity index (χ3n) is 2.68. The first-order valence-corrected chi connectivity index (χ1v) is 6.48. The van der Waals surface area contributed by atoms with Crippen molar-refractivity contribution in [1.29, 1.82) is 0 Å². The second kappa shape index (κ2) is 6.07. The van der Waals surface area contributed by atoms with Gasteiger partial charge < -0.3 is 10.4 Å². The number of pyridine rings is 1. The first-order valence-electron chi connectivity index (χ1n) is 5.73. The van der Waals surface area contributed by atoms with E-state index in [2.05, 4.69) is 10.3 Å². The van der Waals surface area contributed by atoms with Crippen LogP contribution in [0.15, 0.2) is 24.4 Å². The summed E-state index contributed by atoms with van der Waals surface area (Å²) in [5, 5.41) is 13.0. The van der Waals surface area contributed by atoms with Gasteiger partial charge >= 0.3 is 5.97 Å². The average Bonchev–Trinajstić information content (AvgIpc) is 2.42. The van der Waals surface area contributed by atoms with E-state index in [0.717, 1.165) is 0 Å². The zero-order valence-corrected chi connectivity index (χ0v) is 11.7. The molecule has 2 aromatic rings. The van der Waals surface area contributed by atoms with Crippen LogP contribution in [-0.4, -0.2) is 28.5 Å². The molecule has 1 heterocycles. The van der Waals surface area contributed by atoms with Gasteiger partial charge in [-0.2, -0.15) is 0 Å². The molecule has 20 heavy (non-hydrogen) atoms. The second-order valence-corrected chi connectivity index (χ2v) is 4.82. The van der Waals surface area contributed by atoms with Crippen LogP contribution in [0.4, 0.5) is 0 Å². The number of carboxylic acid groups (broad SMARTS) is 1. The molecule has 0 fully saturated rings. The van der Waals surface area contributed by atoms with E-state index in [1.807, 2.05) is 0 Å². The maximum atomic E-state index is 11.9. The number of carbonyl (C=O) groups excluding carboxylic acids is 1. The molecule has 0 unspecified atom stereocenters. The largest absolute Gasteiger partial charge is 0.481 e. The van der Waals surface area contributed by atoms with Crippen LogP contribution in [0.25, 0.3) is 10.8 Å². The molecule has 0 radical (unpaired) electrons. The minimum Gasteiger partial charge on any atom is -0.481 e. The van der Waals surface area contributed by atoms with Gasteiger partial charge in [-0.25, -0.2) is 4.98 Å². The van der Waals surface area contributed by atoms with E-state index in [9.17, 15) is 9.59 Å². The predicted octanol–water partition coefficient (Wildman–Crippen LogP) is 2.75. The second-order valence-electron chi connectivity index (χ2n) is 4.06. The number of hydrogen-bond acceptors (Lipinski definition) is 3. The number of benzene rings is 1. The summed E-state index contributed by atoms with van der Waals surface area (Å²) in [5.74, 6) is -1.34. The summed E-state index contributed by atoms with van der Waals surface area (Å²) < 4.78 is 0. The van der Waals surface area contributed by atoms with Crippen LogP contribution >= 0.6 is 23.2 Å². The summed E-state index contributed by atoms with van der Waals surface area (Å²) in [6, 6.07) is 4.85. The molecule has 0 aliphatic heterocycles. The third kappa shape index (κ3) is 3.18. The number of aromatic nitrogens is 1. The number of hydrogen-bond donors (Lipinski definition) is 2. The minimum absolute atomic E-state index is 0.0632. The van der Waals surface area contributed by atoms with Crippen LogP contribution in [0.3, 0.4) is 0 Å². The zero-order chi connectivity index (χ0) is 14.7. The molecule has 7 heteroatoms. The van der Waals surface area contributed by atoms with Crippen molar-refractivity contribution in [2.75, 3.05) is 6.54 Å². The Bertz CT molecular complexity index is 689. The topological polar surface area (TPSA) is 79.3 Å². The van der Waals surface area contributed by atoms with Crippen LogP contribution in [0.1, 0.15) is 16.8 Å². The summed E-state index contributed by atoms with van der Waals surface area (Å²) >= 11 is 12.0. The molecule has 2 N–H and O–H groups in total. The van der Waals surface area contributed by atoms with Crippen molar-refractivity contribution in [1.82, 2.24) is 10.3 Å². The van der Waals surface area contributed by atoms with E-state index >= 15 is 0 Å².